The van der Waals surface area contributed by atoms with E-state index in [4.69, 9.17) is 10.5 Å². The number of aryl methyl sites for hydroxylation is 1. The zero-order valence-corrected chi connectivity index (χ0v) is 11.0. The van der Waals surface area contributed by atoms with Crippen molar-refractivity contribution in [2.45, 2.75) is 33.7 Å². The molecule has 3 N–H and O–H groups in total. The van der Waals surface area contributed by atoms with Gasteiger partial charge in [0.05, 0.1) is 12.6 Å². The lowest BCUT2D eigenvalue weighted by atomic mass is 10.1. The van der Waals surface area contributed by atoms with Crippen LogP contribution >= 0.6 is 0 Å². The van der Waals surface area contributed by atoms with Gasteiger partial charge in [0.1, 0.15) is 17.5 Å². The van der Waals surface area contributed by atoms with Gasteiger partial charge in [-0.05, 0) is 19.8 Å². The number of rotatable bonds is 6. The zero-order chi connectivity index (χ0) is 12.8. The minimum Gasteiger partial charge on any atom is -0.384 e. The Morgan fingerprint density at radius 2 is 2.12 bits per heavy atom. The molecule has 0 radical (unpaired) electrons. The highest BCUT2D eigenvalue weighted by molar-refractivity contribution is 5.45. The molecule has 5 nitrogen and oxygen atoms in total. The van der Waals surface area contributed by atoms with Gasteiger partial charge in [0.2, 0.25) is 0 Å². The van der Waals surface area contributed by atoms with Crippen molar-refractivity contribution < 1.29 is 4.74 Å². The van der Waals surface area contributed by atoms with E-state index in [0.717, 1.165) is 12.4 Å². The number of nitrogens with one attached hydrogen (secondary N) is 1. The number of nitrogens with two attached hydrogens (primary N) is 1. The lowest BCUT2D eigenvalue weighted by Crippen LogP contribution is -2.31. The number of aromatic nitrogens is 2. The Balaban J connectivity index is 2.71. The summed E-state index contributed by atoms with van der Waals surface area (Å²) in [5.41, 5.74) is 5.69. The van der Waals surface area contributed by atoms with E-state index in [1.54, 1.807) is 6.07 Å². The lowest BCUT2D eigenvalue weighted by molar-refractivity contribution is 0.126. The summed E-state index contributed by atoms with van der Waals surface area (Å²) < 4.78 is 5.45. The largest absolute Gasteiger partial charge is 0.384 e. The second-order valence-electron chi connectivity index (χ2n) is 4.38. The number of hydrogen-bond acceptors (Lipinski definition) is 5. The molecule has 0 aliphatic heterocycles. The third-order valence-corrected chi connectivity index (χ3v) is 2.50. The number of ether oxygens (including phenoxy) is 1. The monoisotopic (exact) mass is 238 g/mol. The summed E-state index contributed by atoms with van der Waals surface area (Å²) in [6.45, 7) is 9.49. The average Bonchev–Trinajstić information content (AvgIpc) is 2.22. The number of anilines is 2. The first-order chi connectivity index (χ1) is 8.02. The summed E-state index contributed by atoms with van der Waals surface area (Å²) in [6.07, 6.45) is 0. The van der Waals surface area contributed by atoms with Crippen molar-refractivity contribution >= 4 is 11.6 Å². The Kier molecular flexibility index (Phi) is 5.15. The third-order valence-electron chi connectivity index (χ3n) is 2.50. The van der Waals surface area contributed by atoms with Crippen LogP contribution in [0.15, 0.2) is 6.07 Å². The van der Waals surface area contributed by atoms with Gasteiger partial charge in [0.25, 0.3) is 0 Å². The molecule has 0 saturated heterocycles. The van der Waals surface area contributed by atoms with Crippen LogP contribution in [-0.2, 0) is 4.74 Å². The molecule has 0 aliphatic rings. The van der Waals surface area contributed by atoms with E-state index >= 15 is 0 Å². The molecule has 1 aromatic rings. The molecule has 96 valence electrons. The maximum Gasteiger partial charge on any atom is 0.132 e. The number of nitrogens with zero attached hydrogens (tertiary/aromatic N) is 2. The molecule has 0 bridgehead atoms. The molecule has 1 heterocycles. The quantitative estimate of drug-likeness (QED) is 0.791. The highest BCUT2D eigenvalue weighted by Gasteiger charge is 2.14. The molecule has 0 aromatic carbocycles. The van der Waals surface area contributed by atoms with Gasteiger partial charge in [-0.1, -0.05) is 13.8 Å². The Hall–Kier alpha value is -1.36. The van der Waals surface area contributed by atoms with Crippen molar-refractivity contribution in [3.05, 3.63) is 11.9 Å². The molecular formula is C12H22N4O. The van der Waals surface area contributed by atoms with E-state index in [-0.39, 0.29) is 6.04 Å². The summed E-state index contributed by atoms with van der Waals surface area (Å²) in [6, 6.07) is 1.97. The molecule has 0 amide bonds. The van der Waals surface area contributed by atoms with E-state index in [2.05, 4.69) is 29.1 Å². The third kappa shape index (κ3) is 4.56. The fraction of sp³-hybridized carbons (Fsp3) is 0.667. The van der Waals surface area contributed by atoms with Gasteiger partial charge in [-0.25, -0.2) is 9.97 Å². The van der Waals surface area contributed by atoms with Gasteiger partial charge >= 0.3 is 0 Å². The van der Waals surface area contributed by atoms with Crippen LogP contribution in [0.3, 0.4) is 0 Å². The normalized spacial score (nSPS) is 12.8. The molecule has 1 aromatic heterocycles. The number of nitrogen functional groups attached to an aromatic ring is 1. The van der Waals surface area contributed by atoms with E-state index in [0.29, 0.717) is 24.2 Å². The van der Waals surface area contributed by atoms with Gasteiger partial charge < -0.3 is 15.8 Å². The predicted molar refractivity (Wildman–Crippen MR) is 69.9 cm³/mol. The second kappa shape index (κ2) is 6.39. The molecule has 0 spiro atoms. The summed E-state index contributed by atoms with van der Waals surface area (Å²) in [5.74, 6) is 2.37. The standard InChI is InChI=1S/C12H22N4O/c1-5-17-7-10(8(2)3)16-12-6-11(13)14-9(4)15-12/h6,8,10H,5,7H2,1-4H3,(H3,13,14,15,16). The van der Waals surface area contributed by atoms with Gasteiger partial charge in [-0.15, -0.1) is 0 Å². The highest BCUT2D eigenvalue weighted by Crippen LogP contribution is 2.13. The topological polar surface area (TPSA) is 73.1 Å². The molecular weight excluding hydrogens is 216 g/mol. The van der Waals surface area contributed by atoms with Gasteiger partial charge in [0, 0.05) is 12.7 Å². The predicted octanol–water partition coefficient (Wildman–Crippen LogP) is 1.84. The number of hydrogen-bond donors (Lipinski definition) is 2. The summed E-state index contributed by atoms with van der Waals surface area (Å²) >= 11 is 0. The van der Waals surface area contributed by atoms with Crippen LogP contribution in [0.1, 0.15) is 26.6 Å². The average molecular weight is 238 g/mol. The van der Waals surface area contributed by atoms with E-state index < -0.39 is 0 Å². The molecule has 0 aliphatic carbocycles. The van der Waals surface area contributed by atoms with Crippen molar-refractivity contribution in [3.8, 4) is 0 Å². The van der Waals surface area contributed by atoms with Crippen molar-refractivity contribution in [1.29, 1.82) is 0 Å². The first-order valence-electron chi connectivity index (χ1n) is 5.98. The van der Waals surface area contributed by atoms with Crippen LogP contribution in [0.4, 0.5) is 11.6 Å². The first-order valence-corrected chi connectivity index (χ1v) is 5.98. The van der Waals surface area contributed by atoms with Crippen LogP contribution in [0, 0.1) is 12.8 Å². The van der Waals surface area contributed by atoms with E-state index in [1.807, 2.05) is 13.8 Å². The van der Waals surface area contributed by atoms with Crippen LogP contribution in [0.5, 0.6) is 0 Å². The molecule has 5 heteroatoms. The van der Waals surface area contributed by atoms with E-state index in [9.17, 15) is 0 Å². The van der Waals surface area contributed by atoms with Crippen LogP contribution in [-0.4, -0.2) is 29.2 Å². The van der Waals surface area contributed by atoms with Crippen LogP contribution in [0.2, 0.25) is 0 Å². The van der Waals surface area contributed by atoms with Gasteiger partial charge in [0.15, 0.2) is 0 Å². The maximum absolute atomic E-state index is 5.69. The Labute approximate surface area is 103 Å². The molecule has 0 saturated carbocycles. The summed E-state index contributed by atoms with van der Waals surface area (Å²) in [5, 5.41) is 3.34. The van der Waals surface area contributed by atoms with E-state index in [1.165, 1.54) is 0 Å². The first kappa shape index (κ1) is 13.7. The molecule has 17 heavy (non-hydrogen) atoms. The minimum atomic E-state index is 0.226. The summed E-state index contributed by atoms with van der Waals surface area (Å²) in [4.78, 5) is 8.35. The van der Waals surface area contributed by atoms with Gasteiger partial charge in [-0.3, -0.25) is 0 Å². The molecule has 1 rings (SSSR count). The van der Waals surface area contributed by atoms with Crippen molar-refractivity contribution in [3.63, 3.8) is 0 Å². The Morgan fingerprint density at radius 3 is 2.65 bits per heavy atom. The minimum absolute atomic E-state index is 0.226. The van der Waals surface area contributed by atoms with Crippen LogP contribution < -0.4 is 11.1 Å². The zero-order valence-electron chi connectivity index (χ0n) is 11.0. The van der Waals surface area contributed by atoms with Crippen LogP contribution in [0.25, 0.3) is 0 Å². The van der Waals surface area contributed by atoms with Crippen molar-refractivity contribution in [1.82, 2.24) is 9.97 Å². The lowest BCUT2D eigenvalue weighted by Gasteiger charge is -2.22. The second-order valence-corrected chi connectivity index (χ2v) is 4.38. The summed E-state index contributed by atoms with van der Waals surface area (Å²) in [7, 11) is 0. The fourth-order valence-corrected chi connectivity index (χ4v) is 1.50. The van der Waals surface area contributed by atoms with Crippen molar-refractivity contribution in [2.75, 3.05) is 24.3 Å². The SMILES string of the molecule is CCOCC(Nc1cc(N)nc(C)n1)C(C)C. The smallest absolute Gasteiger partial charge is 0.132 e. The highest BCUT2D eigenvalue weighted by atomic mass is 16.5. The van der Waals surface area contributed by atoms with Gasteiger partial charge in [-0.2, -0.15) is 0 Å². The molecule has 1 unspecified atom stereocenters. The Morgan fingerprint density at radius 1 is 1.41 bits per heavy atom. The molecule has 1 atom stereocenters. The Bertz CT molecular complexity index is 334. The fourth-order valence-electron chi connectivity index (χ4n) is 1.50. The maximum atomic E-state index is 5.69. The molecule has 0 fully saturated rings. The van der Waals surface area contributed by atoms with Crippen molar-refractivity contribution in [2.24, 2.45) is 5.92 Å².